The third kappa shape index (κ3) is 3.91. The number of anilines is 1. The molecule has 0 saturated carbocycles. The molecular weight excluding hydrogens is 324 g/mol. The van der Waals surface area contributed by atoms with Gasteiger partial charge in [0.1, 0.15) is 11.6 Å². The van der Waals surface area contributed by atoms with E-state index in [4.69, 9.17) is 4.74 Å². The lowest BCUT2D eigenvalue weighted by Crippen LogP contribution is -2.48. The van der Waals surface area contributed by atoms with Crippen molar-refractivity contribution in [2.24, 2.45) is 0 Å². The van der Waals surface area contributed by atoms with E-state index in [1.165, 1.54) is 0 Å². The lowest BCUT2D eigenvalue weighted by Gasteiger charge is -2.35. The van der Waals surface area contributed by atoms with Crippen molar-refractivity contribution < 1.29 is 9.53 Å². The number of nitrogens with zero attached hydrogens (tertiary/aromatic N) is 4. The molecule has 1 saturated heterocycles. The first-order valence-electron chi connectivity index (χ1n) is 7.81. The molecule has 0 unspecified atom stereocenters. The molecule has 0 bridgehead atoms. The van der Waals surface area contributed by atoms with Gasteiger partial charge in [0, 0.05) is 43.2 Å². The summed E-state index contributed by atoms with van der Waals surface area (Å²) in [7, 11) is 1.60. The normalized spacial score (nSPS) is 15.1. The van der Waals surface area contributed by atoms with E-state index in [-0.39, 0.29) is 5.91 Å². The minimum atomic E-state index is 0.0551. The zero-order valence-electron chi connectivity index (χ0n) is 13.8. The summed E-state index contributed by atoms with van der Waals surface area (Å²) in [4.78, 5) is 26.1. The summed E-state index contributed by atoms with van der Waals surface area (Å²) in [5.74, 6) is 2.15. The predicted octanol–water partition coefficient (Wildman–Crippen LogP) is 2.22. The zero-order valence-corrected chi connectivity index (χ0v) is 14.6. The maximum absolute atomic E-state index is 12.3. The number of piperazine rings is 1. The van der Waals surface area contributed by atoms with Crippen molar-refractivity contribution in [1.29, 1.82) is 0 Å². The van der Waals surface area contributed by atoms with Crippen molar-refractivity contribution in [3.63, 3.8) is 0 Å². The van der Waals surface area contributed by atoms with Crippen LogP contribution in [0.4, 0.5) is 5.82 Å². The highest BCUT2D eigenvalue weighted by molar-refractivity contribution is 7.10. The summed E-state index contributed by atoms with van der Waals surface area (Å²) >= 11 is 1.62. The number of ether oxygens (including phenoxy) is 1. The number of carbonyl (C=O) groups is 1. The minimum Gasteiger partial charge on any atom is -0.481 e. The van der Waals surface area contributed by atoms with Gasteiger partial charge < -0.3 is 14.5 Å². The maximum atomic E-state index is 12.3. The van der Waals surface area contributed by atoms with Gasteiger partial charge in [-0.15, -0.1) is 11.3 Å². The van der Waals surface area contributed by atoms with Crippen LogP contribution in [0.1, 0.15) is 10.7 Å². The zero-order chi connectivity index (χ0) is 16.9. The number of hydrogen-bond donors (Lipinski definition) is 0. The smallest absolute Gasteiger partial charge is 0.246 e. The first-order chi connectivity index (χ1) is 11.7. The average molecular weight is 344 g/mol. The fourth-order valence-corrected chi connectivity index (χ4v) is 3.21. The summed E-state index contributed by atoms with van der Waals surface area (Å²) in [6, 6.07) is 5.81. The van der Waals surface area contributed by atoms with Gasteiger partial charge in [-0.05, 0) is 24.4 Å². The van der Waals surface area contributed by atoms with Crippen LogP contribution in [0.5, 0.6) is 5.88 Å². The van der Waals surface area contributed by atoms with E-state index in [1.54, 1.807) is 24.5 Å². The van der Waals surface area contributed by atoms with Gasteiger partial charge in [0.15, 0.2) is 0 Å². The molecule has 0 aliphatic carbocycles. The van der Waals surface area contributed by atoms with Crippen molar-refractivity contribution in [2.45, 2.75) is 6.92 Å². The molecule has 6 nitrogen and oxygen atoms in total. The van der Waals surface area contributed by atoms with Crippen LogP contribution in [-0.4, -0.2) is 54.1 Å². The van der Waals surface area contributed by atoms with E-state index in [2.05, 4.69) is 14.9 Å². The number of rotatable bonds is 4. The Bertz CT molecular complexity index is 722. The lowest BCUT2D eigenvalue weighted by molar-refractivity contribution is -0.126. The van der Waals surface area contributed by atoms with Gasteiger partial charge in [-0.1, -0.05) is 6.07 Å². The summed E-state index contributed by atoms with van der Waals surface area (Å²) in [5, 5.41) is 2.00. The molecule has 0 N–H and O–H groups in total. The van der Waals surface area contributed by atoms with E-state index in [0.717, 1.165) is 23.8 Å². The van der Waals surface area contributed by atoms with Crippen LogP contribution in [0, 0.1) is 6.92 Å². The average Bonchev–Trinajstić information content (AvgIpc) is 3.12. The third-order valence-electron chi connectivity index (χ3n) is 3.86. The van der Waals surface area contributed by atoms with E-state index in [9.17, 15) is 4.79 Å². The topological polar surface area (TPSA) is 58.6 Å². The number of aromatic nitrogens is 2. The van der Waals surface area contributed by atoms with Crippen LogP contribution < -0.4 is 9.64 Å². The second-order valence-corrected chi connectivity index (χ2v) is 6.46. The highest BCUT2D eigenvalue weighted by Gasteiger charge is 2.21. The van der Waals surface area contributed by atoms with Gasteiger partial charge in [0.2, 0.25) is 11.8 Å². The van der Waals surface area contributed by atoms with Crippen LogP contribution in [0.25, 0.3) is 6.08 Å². The molecule has 2 aromatic rings. The van der Waals surface area contributed by atoms with Gasteiger partial charge in [0.05, 0.1) is 7.11 Å². The molecule has 0 spiro atoms. The van der Waals surface area contributed by atoms with Crippen molar-refractivity contribution in [2.75, 3.05) is 38.2 Å². The molecule has 1 fully saturated rings. The molecule has 2 aromatic heterocycles. The first-order valence-corrected chi connectivity index (χ1v) is 8.69. The Morgan fingerprint density at radius 1 is 1.29 bits per heavy atom. The molecular formula is C17H20N4O2S. The molecule has 0 atom stereocenters. The Morgan fingerprint density at radius 2 is 2.08 bits per heavy atom. The van der Waals surface area contributed by atoms with Crippen molar-refractivity contribution in [3.8, 4) is 5.88 Å². The number of amides is 1. The SMILES string of the molecule is COc1cc(N2CCN(C(=O)/C=C/c3cccs3)CC2)nc(C)n1. The molecule has 7 heteroatoms. The summed E-state index contributed by atoms with van der Waals surface area (Å²) in [6.07, 6.45) is 3.53. The largest absolute Gasteiger partial charge is 0.481 e. The molecule has 1 aliphatic rings. The van der Waals surface area contributed by atoms with Crippen LogP contribution >= 0.6 is 11.3 Å². The molecule has 1 aliphatic heterocycles. The van der Waals surface area contributed by atoms with E-state index in [1.807, 2.05) is 41.5 Å². The molecule has 0 radical (unpaired) electrons. The van der Waals surface area contributed by atoms with Crippen LogP contribution in [0.2, 0.25) is 0 Å². The van der Waals surface area contributed by atoms with E-state index in [0.29, 0.717) is 24.8 Å². The Hall–Kier alpha value is -2.41. The summed E-state index contributed by atoms with van der Waals surface area (Å²) < 4.78 is 5.20. The first kappa shape index (κ1) is 16.4. The van der Waals surface area contributed by atoms with Gasteiger partial charge in [-0.3, -0.25) is 4.79 Å². The standard InChI is InChI=1S/C17H20N4O2S/c1-13-18-15(12-16(19-13)23-2)20-7-9-21(10-8-20)17(22)6-5-14-4-3-11-24-14/h3-6,11-12H,7-10H2,1-2H3/b6-5+. The molecule has 0 aromatic carbocycles. The number of methoxy groups -OCH3 is 1. The Morgan fingerprint density at radius 3 is 2.75 bits per heavy atom. The highest BCUT2D eigenvalue weighted by Crippen LogP contribution is 2.19. The fraction of sp³-hybridized carbons (Fsp3) is 0.353. The van der Waals surface area contributed by atoms with Crippen LogP contribution in [-0.2, 0) is 4.79 Å². The van der Waals surface area contributed by atoms with Crippen LogP contribution in [0.3, 0.4) is 0 Å². The van der Waals surface area contributed by atoms with Crippen molar-refractivity contribution in [1.82, 2.24) is 14.9 Å². The number of hydrogen-bond acceptors (Lipinski definition) is 6. The van der Waals surface area contributed by atoms with Gasteiger partial charge in [0.25, 0.3) is 0 Å². The predicted molar refractivity (Wildman–Crippen MR) is 95.5 cm³/mol. The molecule has 126 valence electrons. The Labute approximate surface area is 145 Å². The van der Waals surface area contributed by atoms with E-state index < -0.39 is 0 Å². The molecule has 24 heavy (non-hydrogen) atoms. The van der Waals surface area contributed by atoms with Crippen LogP contribution in [0.15, 0.2) is 29.7 Å². The minimum absolute atomic E-state index is 0.0551. The highest BCUT2D eigenvalue weighted by atomic mass is 32.1. The third-order valence-corrected chi connectivity index (χ3v) is 4.70. The van der Waals surface area contributed by atoms with Crippen molar-refractivity contribution >= 4 is 29.1 Å². The second kappa shape index (κ2) is 7.44. The lowest BCUT2D eigenvalue weighted by atomic mass is 10.3. The molecule has 3 heterocycles. The molecule has 3 rings (SSSR count). The summed E-state index contributed by atoms with van der Waals surface area (Å²) in [6.45, 7) is 4.70. The molecule has 1 amide bonds. The number of aryl methyl sites for hydroxylation is 1. The van der Waals surface area contributed by atoms with Crippen molar-refractivity contribution in [3.05, 3.63) is 40.4 Å². The maximum Gasteiger partial charge on any atom is 0.246 e. The van der Waals surface area contributed by atoms with Gasteiger partial charge in [-0.2, -0.15) is 4.98 Å². The monoisotopic (exact) mass is 344 g/mol. The van der Waals surface area contributed by atoms with Gasteiger partial charge >= 0.3 is 0 Å². The Balaban J connectivity index is 1.59. The fourth-order valence-electron chi connectivity index (χ4n) is 2.59. The van der Waals surface area contributed by atoms with Gasteiger partial charge in [-0.25, -0.2) is 4.98 Å². The Kier molecular flexibility index (Phi) is 5.10. The number of thiophene rings is 1. The number of carbonyl (C=O) groups excluding carboxylic acids is 1. The quantitative estimate of drug-likeness (QED) is 0.796. The van der Waals surface area contributed by atoms with E-state index >= 15 is 0 Å². The summed E-state index contributed by atoms with van der Waals surface area (Å²) in [5.41, 5.74) is 0. The second-order valence-electron chi connectivity index (χ2n) is 5.48.